The normalized spacial score (nSPS) is 13.7. The van der Waals surface area contributed by atoms with Crippen molar-refractivity contribution in [2.45, 2.75) is 51.2 Å². The fourth-order valence-corrected chi connectivity index (χ4v) is 3.52. The minimum Gasteiger partial charge on any atom is -0.480 e. The molecule has 0 radical (unpaired) electrons. The number of hydrogen-bond acceptors (Lipinski definition) is 6. The Kier molecular flexibility index (Phi) is 12.4. The van der Waals surface area contributed by atoms with Crippen LogP contribution in [0.4, 0.5) is 0 Å². The Morgan fingerprint density at radius 3 is 2.09 bits per heavy atom. The van der Waals surface area contributed by atoms with Gasteiger partial charge in [-0.3, -0.25) is 14.4 Å². The summed E-state index contributed by atoms with van der Waals surface area (Å²) in [5.74, 6) is -2.05. The van der Waals surface area contributed by atoms with Crippen LogP contribution in [-0.4, -0.2) is 65.5 Å². The first-order valence-electron chi connectivity index (χ1n) is 10.5. The molecule has 0 saturated carbocycles. The van der Waals surface area contributed by atoms with Crippen molar-refractivity contribution in [1.29, 1.82) is 0 Å². The van der Waals surface area contributed by atoms with Crippen molar-refractivity contribution in [2.24, 2.45) is 11.7 Å². The third kappa shape index (κ3) is 10.1. The Balaban J connectivity index is 3.05. The number of hydrogen-bond donors (Lipinski definition) is 5. The minimum absolute atomic E-state index is 0.105. The number of carboxylic acids is 1. The number of benzene rings is 1. The van der Waals surface area contributed by atoms with Crippen LogP contribution in [0.2, 0.25) is 0 Å². The highest BCUT2D eigenvalue weighted by Crippen LogP contribution is 2.09. The number of carbonyl (C=O) groups is 4. The van der Waals surface area contributed by atoms with Gasteiger partial charge < -0.3 is 26.8 Å². The molecule has 0 aliphatic heterocycles. The average molecular weight is 467 g/mol. The quantitative estimate of drug-likeness (QED) is 0.268. The first-order chi connectivity index (χ1) is 15.2. The lowest BCUT2D eigenvalue weighted by Gasteiger charge is -2.25. The van der Waals surface area contributed by atoms with Crippen LogP contribution in [0, 0.1) is 5.92 Å². The molecule has 3 amide bonds. The van der Waals surface area contributed by atoms with Crippen LogP contribution in [0.25, 0.3) is 0 Å². The number of rotatable bonds is 14. The Morgan fingerprint density at radius 1 is 0.969 bits per heavy atom. The summed E-state index contributed by atoms with van der Waals surface area (Å²) < 4.78 is 0. The van der Waals surface area contributed by atoms with Crippen molar-refractivity contribution in [3.63, 3.8) is 0 Å². The second-order valence-corrected chi connectivity index (χ2v) is 8.87. The molecular formula is C22H34N4O5S. The summed E-state index contributed by atoms with van der Waals surface area (Å²) in [7, 11) is 0. The summed E-state index contributed by atoms with van der Waals surface area (Å²) >= 11 is 1.48. The highest BCUT2D eigenvalue weighted by atomic mass is 32.2. The zero-order valence-electron chi connectivity index (χ0n) is 18.8. The van der Waals surface area contributed by atoms with E-state index in [0.29, 0.717) is 12.2 Å². The predicted octanol–water partition coefficient (Wildman–Crippen LogP) is 0.526. The molecule has 0 saturated heterocycles. The number of thioether (sulfide) groups is 1. The van der Waals surface area contributed by atoms with Gasteiger partial charge in [0.05, 0.1) is 6.54 Å². The van der Waals surface area contributed by atoms with Gasteiger partial charge in [-0.1, -0.05) is 44.2 Å². The topological polar surface area (TPSA) is 151 Å². The lowest BCUT2D eigenvalue weighted by molar-refractivity contribution is -0.142. The first kappa shape index (κ1) is 27.4. The van der Waals surface area contributed by atoms with Crippen LogP contribution >= 0.6 is 11.8 Å². The van der Waals surface area contributed by atoms with Crippen LogP contribution in [0.15, 0.2) is 30.3 Å². The minimum atomic E-state index is -1.13. The van der Waals surface area contributed by atoms with Gasteiger partial charge in [0.2, 0.25) is 17.7 Å². The molecule has 10 heteroatoms. The van der Waals surface area contributed by atoms with E-state index in [9.17, 15) is 24.3 Å². The maximum absolute atomic E-state index is 13.0. The molecule has 178 valence electrons. The molecule has 0 spiro atoms. The first-order valence-corrected chi connectivity index (χ1v) is 11.9. The molecule has 0 heterocycles. The fourth-order valence-electron chi connectivity index (χ4n) is 3.05. The number of nitrogens with two attached hydrogens (primary N) is 1. The van der Waals surface area contributed by atoms with Gasteiger partial charge in [-0.05, 0) is 36.3 Å². The molecule has 1 rings (SSSR count). The van der Waals surface area contributed by atoms with Crippen LogP contribution in [0.1, 0.15) is 32.3 Å². The number of carboxylic acid groups (broad SMARTS) is 1. The molecule has 32 heavy (non-hydrogen) atoms. The van der Waals surface area contributed by atoms with E-state index in [4.69, 9.17) is 5.73 Å². The molecule has 3 unspecified atom stereocenters. The Morgan fingerprint density at radius 2 is 1.56 bits per heavy atom. The molecule has 0 fully saturated rings. The van der Waals surface area contributed by atoms with Gasteiger partial charge in [0.25, 0.3) is 0 Å². The molecular weight excluding hydrogens is 432 g/mol. The standard InChI is InChI=1S/C22H34N4O5S/c1-14(2)11-17(24-19(27)13-23)20(28)26-18(12-15-7-5-4-6-8-15)21(29)25-16(22(30)31)9-10-32-3/h4-8,14,16-18H,9-13,23H2,1-3H3,(H,24,27)(H,25,29)(H,26,28)(H,30,31). The van der Waals surface area contributed by atoms with E-state index >= 15 is 0 Å². The Bertz CT molecular complexity index is 760. The van der Waals surface area contributed by atoms with Gasteiger partial charge in [0.15, 0.2) is 0 Å². The number of aliphatic carboxylic acids is 1. The van der Waals surface area contributed by atoms with E-state index in [0.717, 1.165) is 5.56 Å². The van der Waals surface area contributed by atoms with E-state index in [1.807, 2.05) is 50.4 Å². The van der Waals surface area contributed by atoms with Crippen LogP contribution in [0.5, 0.6) is 0 Å². The summed E-state index contributed by atoms with van der Waals surface area (Å²) in [6.07, 6.45) is 2.65. The van der Waals surface area contributed by atoms with E-state index in [1.165, 1.54) is 11.8 Å². The summed E-state index contributed by atoms with van der Waals surface area (Å²) in [5, 5.41) is 17.3. The smallest absolute Gasteiger partial charge is 0.326 e. The predicted molar refractivity (Wildman–Crippen MR) is 125 cm³/mol. The third-order valence-corrected chi connectivity index (χ3v) is 5.33. The number of carbonyl (C=O) groups excluding carboxylic acids is 3. The second kappa shape index (κ2) is 14.5. The van der Waals surface area contributed by atoms with Gasteiger partial charge in [-0.2, -0.15) is 11.8 Å². The van der Waals surface area contributed by atoms with Crippen molar-refractivity contribution in [3.05, 3.63) is 35.9 Å². The van der Waals surface area contributed by atoms with Crippen LogP contribution in [0.3, 0.4) is 0 Å². The van der Waals surface area contributed by atoms with Gasteiger partial charge >= 0.3 is 5.97 Å². The molecule has 0 bridgehead atoms. The highest BCUT2D eigenvalue weighted by molar-refractivity contribution is 7.98. The van der Waals surface area contributed by atoms with Gasteiger partial charge in [-0.15, -0.1) is 0 Å². The number of amides is 3. The SMILES string of the molecule is CSCCC(NC(=O)C(Cc1ccccc1)NC(=O)C(CC(C)C)NC(=O)CN)C(=O)O. The van der Waals surface area contributed by atoms with E-state index in [-0.39, 0.29) is 25.3 Å². The summed E-state index contributed by atoms with van der Waals surface area (Å²) in [4.78, 5) is 49.3. The van der Waals surface area contributed by atoms with Gasteiger partial charge in [-0.25, -0.2) is 4.79 Å². The summed E-state index contributed by atoms with van der Waals surface area (Å²) in [6, 6.07) is 6.17. The molecule has 0 aliphatic rings. The van der Waals surface area contributed by atoms with Crippen molar-refractivity contribution in [2.75, 3.05) is 18.6 Å². The zero-order chi connectivity index (χ0) is 24.1. The lowest BCUT2D eigenvalue weighted by atomic mass is 10.0. The van der Waals surface area contributed by atoms with Crippen molar-refractivity contribution >= 4 is 35.5 Å². The maximum Gasteiger partial charge on any atom is 0.326 e. The van der Waals surface area contributed by atoms with Crippen molar-refractivity contribution in [1.82, 2.24) is 16.0 Å². The second-order valence-electron chi connectivity index (χ2n) is 7.89. The van der Waals surface area contributed by atoms with E-state index in [2.05, 4.69) is 16.0 Å². The molecule has 1 aromatic rings. The monoisotopic (exact) mass is 466 g/mol. The molecule has 1 aromatic carbocycles. The Hall–Kier alpha value is -2.59. The van der Waals surface area contributed by atoms with Crippen molar-refractivity contribution in [3.8, 4) is 0 Å². The van der Waals surface area contributed by atoms with Crippen LogP contribution in [-0.2, 0) is 25.6 Å². The van der Waals surface area contributed by atoms with Crippen LogP contribution < -0.4 is 21.7 Å². The molecule has 0 aliphatic carbocycles. The summed E-state index contributed by atoms with van der Waals surface area (Å²) in [5.41, 5.74) is 6.16. The van der Waals surface area contributed by atoms with Gasteiger partial charge in [0, 0.05) is 6.42 Å². The van der Waals surface area contributed by atoms with E-state index in [1.54, 1.807) is 0 Å². The zero-order valence-corrected chi connectivity index (χ0v) is 19.6. The molecule has 9 nitrogen and oxygen atoms in total. The van der Waals surface area contributed by atoms with Crippen molar-refractivity contribution < 1.29 is 24.3 Å². The average Bonchev–Trinajstić information content (AvgIpc) is 2.75. The lowest BCUT2D eigenvalue weighted by Crippen LogP contribution is -2.57. The third-order valence-electron chi connectivity index (χ3n) is 4.69. The van der Waals surface area contributed by atoms with Gasteiger partial charge in [0.1, 0.15) is 18.1 Å². The Labute approximate surface area is 193 Å². The molecule has 3 atom stereocenters. The summed E-state index contributed by atoms with van der Waals surface area (Å²) in [6.45, 7) is 3.56. The largest absolute Gasteiger partial charge is 0.480 e. The highest BCUT2D eigenvalue weighted by Gasteiger charge is 2.29. The molecule has 6 N–H and O–H groups in total. The maximum atomic E-state index is 13.0. The number of nitrogens with one attached hydrogen (secondary N) is 3. The fraction of sp³-hybridized carbons (Fsp3) is 0.545. The van der Waals surface area contributed by atoms with E-state index < -0.39 is 41.8 Å². The molecule has 0 aromatic heterocycles.